The van der Waals surface area contributed by atoms with Crippen LogP contribution in [0.15, 0.2) is 36.4 Å². The summed E-state index contributed by atoms with van der Waals surface area (Å²) in [5, 5.41) is 0. The van der Waals surface area contributed by atoms with E-state index in [4.69, 9.17) is 0 Å². The Balaban J connectivity index is 2.26. The van der Waals surface area contributed by atoms with Gasteiger partial charge in [-0.25, -0.2) is 0 Å². The molecule has 1 aliphatic rings. The van der Waals surface area contributed by atoms with Gasteiger partial charge in [-0.05, 0) is 86.1 Å². The van der Waals surface area contributed by atoms with Gasteiger partial charge in [0.1, 0.15) is 0 Å². The Morgan fingerprint density at radius 3 is 2.12 bits per heavy atom. The molecule has 0 radical (unpaired) electrons. The molecule has 2 aromatic carbocycles. The zero-order valence-corrected chi connectivity index (χ0v) is 17.2. The predicted molar refractivity (Wildman–Crippen MR) is 109 cm³/mol. The standard InChI is InChI=1S/C25H34/c1-17-8-11-23(21(5)12-17)25(15-18(2)14-24(6,7)16-25)22-10-9-19(3)20(4)13-22/h8-13,18H,14-16H2,1-7H3. The number of rotatable bonds is 2. The van der Waals surface area contributed by atoms with E-state index in [-0.39, 0.29) is 5.41 Å². The molecule has 0 bridgehead atoms. The number of benzene rings is 2. The summed E-state index contributed by atoms with van der Waals surface area (Å²) in [5.41, 5.74) is 9.18. The van der Waals surface area contributed by atoms with Crippen molar-refractivity contribution in [2.75, 3.05) is 0 Å². The van der Waals surface area contributed by atoms with Crippen molar-refractivity contribution in [1.29, 1.82) is 0 Å². The average Bonchev–Trinajstić information content (AvgIpc) is 2.47. The van der Waals surface area contributed by atoms with Crippen molar-refractivity contribution in [3.05, 3.63) is 69.8 Å². The molecule has 1 fully saturated rings. The third kappa shape index (κ3) is 3.41. The van der Waals surface area contributed by atoms with Crippen LogP contribution in [-0.4, -0.2) is 0 Å². The lowest BCUT2D eigenvalue weighted by Gasteiger charge is -2.49. The number of hydrogen-bond donors (Lipinski definition) is 0. The van der Waals surface area contributed by atoms with Crippen LogP contribution >= 0.6 is 0 Å². The van der Waals surface area contributed by atoms with Gasteiger partial charge in [0.2, 0.25) is 0 Å². The van der Waals surface area contributed by atoms with Crippen LogP contribution in [0, 0.1) is 39.0 Å². The van der Waals surface area contributed by atoms with Crippen molar-refractivity contribution < 1.29 is 0 Å². The number of aryl methyl sites for hydroxylation is 4. The summed E-state index contributed by atoms with van der Waals surface area (Å²) in [7, 11) is 0. The molecule has 0 amide bonds. The lowest BCUT2D eigenvalue weighted by molar-refractivity contribution is 0.126. The highest BCUT2D eigenvalue weighted by atomic mass is 14.5. The molecule has 0 nitrogen and oxygen atoms in total. The van der Waals surface area contributed by atoms with Crippen molar-refractivity contribution in [2.24, 2.45) is 11.3 Å². The molecule has 1 saturated carbocycles. The van der Waals surface area contributed by atoms with Crippen LogP contribution in [0.2, 0.25) is 0 Å². The second kappa shape index (κ2) is 6.31. The molecule has 1 aliphatic carbocycles. The van der Waals surface area contributed by atoms with Crippen molar-refractivity contribution >= 4 is 0 Å². The summed E-state index contributed by atoms with van der Waals surface area (Å²) in [6.45, 7) is 16.3. The van der Waals surface area contributed by atoms with E-state index in [2.05, 4.69) is 84.9 Å². The zero-order valence-electron chi connectivity index (χ0n) is 17.2. The first-order valence-electron chi connectivity index (χ1n) is 9.78. The fourth-order valence-corrected chi connectivity index (χ4v) is 5.54. The van der Waals surface area contributed by atoms with Crippen LogP contribution in [0.25, 0.3) is 0 Å². The monoisotopic (exact) mass is 334 g/mol. The van der Waals surface area contributed by atoms with Crippen LogP contribution in [0.1, 0.15) is 73.4 Å². The molecule has 0 saturated heterocycles. The minimum absolute atomic E-state index is 0.136. The molecule has 0 N–H and O–H groups in total. The highest BCUT2D eigenvalue weighted by Gasteiger charge is 2.45. The molecule has 0 aromatic heterocycles. The predicted octanol–water partition coefficient (Wildman–Crippen LogP) is 7.05. The Morgan fingerprint density at radius 2 is 1.52 bits per heavy atom. The first-order valence-corrected chi connectivity index (χ1v) is 9.78. The van der Waals surface area contributed by atoms with Gasteiger partial charge < -0.3 is 0 Å². The summed E-state index contributed by atoms with van der Waals surface area (Å²) in [6, 6.07) is 14.3. The van der Waals surface area contributed by atoms with E-state index in [0.717, 1.165) is 5.92 Å². The third-order valence-electron chi connectivity index (χ3n) is 6.34. The Morgan fingerprint density at radius 1 is 0.800 bits per heavy atom. The highest BCUT2D eigenvalue weighted by Crippen LogP contribution is 2.54. The minimum Gasteiger partial charge on any atom is -0.0624 e. The van der Waals surface area contributed by atoms with Gasteiger partial charge in [-0.15, -0.1) is 0 Å². The lowest BCUT2D eigenvalue weighted by Crippen LogP contribution is -2.41. The van der Waals surface area contributed by atoms with Crippen LogP contribution < -0.4 is 0 Å². The molecule has 0 heterocycles. The van der Waals surface area contributed by atoms with Crippen molar-refractivity contribution in [3.63, 3.8) is 0 Å². The summed E-state index contributed by atoms with van der Waals surface area (Å²) in [6.07, 6.45) is 3.81. The van der Waals surface area contributed by atoms with E-state index in [0.29, 0.717) is 5.41 Å². The SMILES string of the molecule is Cc1ccc(C2(c3ccc(C)c(C)c3)CC(C)CC(C)(C)C2)c(C)c1. The molecular formula is C25H34. The molecular weight excluding hydrogens is 300 g/mol. The second-order valence-corrected chi connectivity index (χ2v) is 9.55. The van der Waals surface area contributed by atoms with Crippen LogP contribution in [-0.2, 0) is 5.41 Å². The normalized spacial score (nSPS) is 25.8. The molecule has 0 heteroatoms. The Bertz CT molecular complexity index is 781. The van der Waals surface area contributed by atoms with Crippen molar-refractivity contribution in [3.8, 4) is 0 Å². The first-order chi connectivity index (χ1) is 11.6. The molecule has 2 atom stereocenters. The fourth-order valence-electron chi connectivity index (χ4n) is 5.54. The summed E-state index contributed by atoms with van der Waals surface area (Å²) >= 11 is 0. The molecule has 2 aromatic rings. The van der Waals surface area contributed by atoms with Crippen LogP contribution in [0.3, 0.4) is 0 Å². The lowest BCUT2D eigenvalue weighted by atomic mass is 9.55. The molecule has 134 valence electrons. The van der Waals surface area contributed by atoms with Gasteiger partial charge in [-0.1, -0.05) is 62.7 Å². The van der Waals surface area contributed by atoms with Gasteiger partial charge in [0.15, 0.2) is 0 Å². The molecule has 0 aliphatic heterocycles. The smallest absolute Gasteiger partial charge is 0.0213 e. The van der Waals surface area contributed by atoms with Crippen molar-refractivity contribution in [2.45, 2.75) is 73.1 Å². The zero-order chi connectivity index (χ0) is 18.4. The third-order valence-corrected chi connectivity index (χ3v) is 6.34. The maximum absolute atomic E-state index is 2.46. The van der Waals surface area contributed by atoms with E-state index < -0.39 is 0 Å². The minimum atomic E-state index is 0.136. The first kappa shape index (κ1) is 18.2. The summed E-state index contributed by atoms with van der Waals surface area (Å²) < 4.78 is 0. The molecule has 0 spiro atoms. The maximum atomic E-state index is 2.46. The topological polar surface area (TPSA) is 0 Å². The Kier molecular flexibility index (Phi) is 4.60. The van der Waals surface area contributed by atoms with E-state index in [1.807, 2.05) is 0 Å². The highest BCUT2D eigenvalue weighted by molar-refractivity contribution is 5.47. The largest absolute Gasteiger partial charge is 0.0624 e. The molecule has 25 heavy (non-hydrogen) atoms. The quantitative estimate of drug-likeness (QED) is 0.552. The van der Waals surface area contributed by atoms with Gasteiger partial charge in [-0.2, -0.15) is 0 Å². The van der Waals surface area contributed by atoms with E-state index >= 15 is 0 Å². The van der Waals surface area contributed by atoms with Crippen molar-refractivity contribution in [1.82, 2.24) is 0 Å². The van der Waals surface area contributed by atoms with Gasteiger partial charge in [0.05, 0.1) is 0 Å². The molecule has 2 unspecified atom stereocenters. The molecule has 3 rings (SSSR count). The maximum Gasteiger partial charge on any atom is 0.0213 e. The van der Waals surface area contributed by atoms with Crippen LogP contribution in [0.4, 0.5) is 0 Å². The van der Waals surface area contributed by atoms with E-state index in [1.54, 1.807) is 5.56 Å². The second-order valence-electron chi connectivity index (χ2n) is 9.55. The summed E-state index contributed by atoms with van der Waals surface area (Å²) in [5.74, 6) is 0.742. The van der Waals surface area contributed by atoms with Gasteiger partial charge in [0.25, 0.3) is 0 Å². The summed E-state index contributed by atoms with van der Waals surface area (Å²) in [4.78, 5) is 0. The fraction of sp³-hybridized carbons (Fsp3) is 0.520. The Labute approximate surface area is 154 Å². The van der Waals surface area contributed by atoms with E-state index in [1.165, 1.54) is 47.1 Å². The van der Waals surface area contributed by atoms with Gasteiger partial charge in [0, 0.05) is 5.41 Å². The average molecular weight is 335 g/mol. The number of hydrogen-bond acceptors (Lipinski definition) is 0. The van der Waals surface area contributed by atoms with E-state index in [9.17, 15) is 0 Å². The van der Waals surface area contributed by atoms with Crippen LogP contribution in [0.5, 0.6) is 0 Å². The van der Waals surface area contributed by atoms with Gasteiger partial charge in [-0.3, -0.25) is 0 Å². The Hall–Kier alpha value is -1.56. The van der Waals surface area contributed by atoms with Gasteiger partial charge >= 0.3 is 0 Å².